The molecule has 1 aliphatic carbocycles. The lowest BCUT2D eigenvalue weighted by Gasteiger charge is -2.41. The summed E-state index contributed by atoms with van der Waals surface area (Å²) in [4.78, 5) is 27.4. The van der Waals surface area contributed by atoms with Crippen LogP contribution in [0.1, 0.15) is 58.1 Å². The SMILES string of the molecule is CC(C)CC(=O)N1C(C(=O)NCc2ccco2)COC12CCCCC2. The molecule has 2 heterocycles. The monoisotopic (exact) mass is 348 g/mol. The minimum Gasteiger partial charge on any atom is -0.467 e. The average Bonchev–Trinajstić information content (AvgIpc) is 3.21. The Balaban J connectivity index is 1.74. The van der Waals surface area contributed by atoms with Gasteiger partial charge in [-0.05, 0) is 43.7 Å². The van der Waals surface area contributed by atoms with E-state index in [9.17, 15) is 9.59 Å². The summed E-state index contributed by atoms with van der Waals surface area (Å²) in [5, 5.41) is 2.88. The zero-order valence-electron chi connectivity index (χ0n) is 15.1. The number of amides is 2. The van der Waals surface area contributed by atoms with Crippen LogP contribution in [0.5, 0.6) is 0 Å². The molecule has 1 atom stereocenters. The Morgan fingerprint density at radius 1 is 1.32 bits per heavy atom. The zero-order chi connectivity index (χ0) is 17.9. The predicted molar refractivity (Wildman–Crippen MR) is 92.4 cm³/mol. The molecule has 1 N–H and O–H groups in total. The Bertz CT molecular complexity index is 591. The van der Waals surface area contributed by atoms with Gasteiger partial charge in [-0.3, -0.25) is 14.5 Å². The van der Waals surface area contributed by atoms with Crippen molar-refractivity contribution < 1.29 is 18.7 Å². The van der Waals surface area contributed by atoms with Crippen LogP contribution in [0.15, 0.2) is 22.8 Å². The van der Waals surface area contributed by atoms with E-state index in [1.54, 1.807) is 17.2 Å². The maximum atomic E-state index is 12.9. The van der Waals surface area contributed by atoms with Crippen LogP contribution in [0, 0.1) is 5.92 Å². The zero-order valence-corrected chi connectivity index (χ0v) is 15.1. The molecule has 2 amide bonds. The smallest absolute Gasteiger partial charge is 0.245 e. The molecule has 138 valence electrons. The van der Waals surface area contributed by atoms with Gasteiger partial charge in [-0.1, -0.05) is 20.3 Å². The van der Waals surface area contributed by atoms with Crippen LogP contribution in [0.4, 0.5) is 0 Å². The molecule has 3 rings (SSSR count). The highest BCUT2D eigenvalue weighted by Gasteiger charge is 2.52. The molecule has 0 aromatic carbocycles. The fraction of sp³-hybridized carbons (Fsp3) is 0.684. The number of furan rings is 1. The van der Waals surface area contributed by atoms with E-state index in [0.29, 0.717) is 18.7 Å². The van der Waals surface area contributed by atoms with Crippen molar-refractivity contribution in [3.8, 4) is 0 Å². The highest BCUT2D eigenvalue weighted by Crippen LogP contribution is 2.41. The molecule has 2 fully saturated rings. The Hall–Kier alpha value is -1.82. The number of carbonyl (C=O) groups is 2. The van der Waals surface area contributed by atoms with Crippen molar-refractivity contribution in [3.63, 3.8) is 0 Å². The Kier molecular flexibility index (Phi) is 5.47. The van der Waals surface area contributed by atoms with Crippen molar-refractivity contribution in [1.82, 2.24) is 10.2 Å². The molecule has 1 unspecified atom stereocenters. The van der Waals surface area contributed by atoms with Crippen LogP contribution in [0.25, 0.3) is 0 Å². The number of rotatable bonds is 5. The molecular weight excluding hydrogens is 320 g/mol. The summed E-state index contributed by atoms with van der Waals surface area (Å²) in [7, 11) is 0. The highest BCUT2D eigenvalue weighted by atomic mass is 16.5. The maximum absolute atomic E-state index is 12.9. The second-order valence-corrected chi connectivity index (χ2v) is 7.49. The van der Waals surface area contributed by atoms with Crippen LogP contribution in [0.3, 0.4) is 0 Å². The number of nitrogens with one attached hydrogen (secondary N) is 1. The number of ether oxygens (including phenoxy) is 1. The van der Waals surface area contributed by atoms with Gasteiger partial charge in [0.15, 0.2) is 0 Å². The predicted octanol–water partition coefficient (Wildman–Crippen LogP) is 2.83. The quantitative estimate of drug-likeness (QED) is 0.888. The third kappa shape index (κ3) is 3.89. The molecule has 1 aliphatic heterocycles. The van der Waals surface area contributed by atoms with E-state index in [1.165, 1.54) is 0 Å². The maximum Gasteiger partial charge on any atom is 0.245 e. The Morgan fingerprint density at radius 2 is 2.08 bits per heavy atom. The molecule has 1 aromatic heterocycles. The number of nitrogens with zero attached hydrogens (tertiary/aromatic N) is 1. The summed E-state index contributed by atoms with van der Waals surface area (Å²) in [6.45, 7) is 4.64. The standard InChI is InChI=1S/C19H28N2O4/c1-14(2)11-17(22)21-16(13-25-19(21)8-4-3-5-9-19)18(23)20-12-15-7-6-10-24-15/h6-7,10,14,16H,3-5,8-9,11-13H2,1-2H3,(H,20,23). The van der Waals surface area contributed by atoms with Gasteiger partial charge in [0.05, 0.1) is 19.4 Å². The molecule has 1 spiro atoms. The fourth-order valence-electron chi connectivity index (χ4n) is 3.90. The fourth-order valence-corrected chi connectivity index (χ4v) is 3.90. The summed E-state index contributed by atoms with van der Waals surface area (Å²) in [5.41, 5.74) is -0.586. The van der Waals surface area contributed by atoms with E-state index in [2.05, 4.69) is 5.32 Å². The first-order valence-corrected chi connectivity index (χ1v) is 9.28. The van der Waals surface area contributed by atoms with Gasteiger partial charge in [0, 0.05) is 6.42 Å². The van der Waals surface area contributed by atoms with E-state index in [0.717, 1.165) is 32.1 Å². The number of hydrogen-bond acceptors (Lipinski definition) is 4. The summed E-state index contributed by atoms with van der Waals surface area (Å²) in [6, 6.07) is 3.05. The molecule has 25 heavy (non-hydrogen) atoms. The molecule has 2 aliphatic rings. The topological polar surface area (TPSA) is 71.8 Å². The van der Waals surface area contributed by atoms with Gasteiger partial charge in [-0.25, -0.2) is 0 Å². The number of hydrogen-bond donors (Lipinski definition) is 1. The summed E-state index contributed by atoms with van der Waals surface area (Å²) in [6.07, 6.45) is 6.88. The third-order valence-corrected chi connectivity index (χ3v) is 5.07. The molecule has 0 bridgehead atoms. The lowest BCUT2D eigenvalue weighted by Crippen LogP contribution is -2.56. The second-order valence-electron chi connectivity index (χ2n) is 7.49. The van der Waals surface area contributed by atoms with Crippen molar-refractivity contribution >= 4 is 11.8 Å². The van der Waals surface area contributed by atoms with Crippen LogP contribution in [-0.4, -0.2) is 35.1 Å². The van der Waals surface area contributed by atoms with Gasteiger partial charge in [-0.2, -0.15) is 0 Å². The highest BCUT2D eigenvalue weighted by molar-refractivity contribution is 5.88. The first kappa shape index (κ1) is 18.0. The van der Waals surface area contributed by atoms with Gasteiger partial charge in [0.25, 0.3) is 0 Å². The van der Waals surface area contributed by atoms with Gasteiger partial charge in [-0.15, -0.1) is 0 Å². The molecule has 0 radical (unpaired) electrons. The molecule has 1 saturated carbocycles. The minimum absolute atomic E-state index is 0.0209. The van der Waals surface area contributed by atoms with Crippen molar-refractivity contribution in [1.29, 1.82) is 0 Å². The van der Waals surface area contributed by atoms with E-state index in [-0.39, 0.29) is 24.3 Å². The summed E-state index contributed by atoms with van der Waals surface area (Å²) < 4.78 is 11.3. The van der Waals surface area contributed by atoms with Gasteiger partial charge < -0.3 is 14.5 Å². The molecule has 1 aromatic rings. The van der Waals surface area contributed by atoms with Crippen LogP contribution in [-0.2, 0) is 20.9 Å². The minimum atomic E-state index is -0.586. The lowest BCUT2D eigenvalue weighted by molar-refractivity contribution is -0.160. The van der Waals surface area contributed by atoms with E-state index in [1.807, 2.05) is 19.9 Å². The van der Waals surface area contributed by atoms with Crippen LogP contribution < -0.4 is 5.32 Å². The second kappa shape index (κ2) is 7.60. The van der Waals surface area contributed by atoms with Crippen LogP contribution in [0.2, 0.25) is 0 Å². The van der Waals surface area contributed by atoms with E-state index >= 15 is 0 Å². The van der Waals surface area contributed by atoms with E-state index < -0.39 is 11.8 Å². The van der Waals surface area contributed by atoms with Crippen molar-refractivity contribution in [3.05, 3.63) is 24.2 Å². The largest absolute Gasteiger partial charge is 0.467 e. The van der Waals surface area contributed by atoms with E-state index in [4.69, 9.17) is 9.15 Å². The molecule has 6 nitrogen and oxygen atoms in total. The first-order valence-electron chi connectivity index (χ1n) is 9.28. The molecule has 6 heteroatoms. The lowest BCUT2D eigenvalue weighted by atomic mass is 9.89. The van der Waals surface area contributed by atoms with Crippen molar-refractivity contribution in [2.45, 2.75) is 70.7 Å². The summed E-state index contributed by atoms with van der Waals surface area (Å²) in [5.74, 6) is 0.795. The van der Waals surface area contributed by atoms with Gasteiger partial charge in [0.2, 0.25) is 11.8 Å². The van der Waals surface area contributed by atoms with Crippen molar-refractivity contribution in [2.75, 3.05) is 6.61 Å². The third-order valence-electron chi connectivity index (χ3n) is 5.07. The summed E-state index contributed by atoms with van der Waals surface area (Å²) >= 11 is 0. The Labute approximate surface area is 148 Å². The average molecular weight is 348 g/mol. The van der Waals surface area contributed by atoms with Gasteiger partial charge in [0.1, 0.15) is 17.5 Å². The normalized spacial score (nSPS) is 22.5. The molecular formula is C19H28N2O4. The van der Waals surface area contributed by atoms with Crippen molar-refractivity contribution in [2.24, 2.45) is 5.92 Å². The molecule has 1 saturated heterocycles. The Morgan fingerprint density at radius 3 is 2.72 bits per heavy atom. The van der Waals surface area contributed by atoms with Crippen LogP contribution >= 0.6 is 0 Å². The first-order chi connectivity index (χ1) is 12.0. The van der Waals surface area contributed by atoms with Gasteiger partial charge >= 0.3 is 0 Å². The number of carbonyl (C=O) groups excluding carboxylic acids is 2.